The summed E-state index contributed by atoms with van der Waals surface area (Å²) in [6.07, 6.45) is 1.66. The third-order valence-electron chi connectivity index (χ3n) is 2.58. The Labute approximate surface area is 113 Å². The minimum atomic E-state index is 0.473. The van der Waals surface area contributed by atoms with Crippen molar-refractivity contribution in [3.05, 3.63) is 40.5 Å². The van der Waals surface area contributed by atoms with Gasteiger partial charge < -0.3 is 10.7 Å². The summed E-state index contributed by atoms with van der Waals surface area (Å²) < 4.78 is 0. The number of halogens is 2. The van der Waals surface area contributed by atoms with Gasteiger partial charge in [0.15, 0.2) is 0 Å². The Morgan fingerprint density at radius 2 is 1.89 bits per heavy atom. The molecule has 0 atom stereocenters. The van der Waals surface area contributed by atoms with Crippen LogP contribution >= 0.6 is 23.2 Å². The summed E-state index contributed by atoms with van der Waals surface area (Å²) in [5, 5.41) is 0.979. The van der Waals surface area contributed by atoms with Crippen LogP contribution in [0.15, 0.2) is 30.5 Å². The van der Waals surface area contributed by atoms with E-state index in [0.717, 1.165) is 16.6 Å². The van der Waals surface area contributed by atoms with Gasteiger partial charge in [-0.05, 0) is 24.3 Å². The molecule has 0 saturated heterocycles. The van der Waals surface area contributed by atoms with Crippen molar-refractivity contribution in [3.8, 4) is 11.4 Å². The van der Waals surface area contributed by atoms with Crippen LogP contribution in [0.3, 0.4) is 0 Å². The van der Waals surface area contributed by atoms with E-state index in [1.54, 1.807) is 24.4 Å². The summed E-state index contributed by atoms with van der Waals surface area (Å²) in [6, 6.07) is 7.05. The lowest BCUT2D eigenvalue weighted by Crippen LogP contribution is -1.89. The predicted octanol–water partition coefficient (Wildman–Crippen LogP) is 3.51. The van der Waals surface area contributed by atoms with E-state index in [-0.39, 0.29) is 0 Å². The highest BCUT2D eigenvalue weighted by atomic mass is 35.5. The minimum absolute atomic E-state index is 0.473. The second-order valence-corrected chi connectivity index (χ2v) is 4.66. The first-order valence-electron chi connectivity index (χ1n) is 5.20. The largest absolute Gasteiger partial charge is 0.384 e. The van der Waals surface area contributed by atoms with Gasteiger partial charge in [-0.1, -0.05) is 23.2 Å². The van der Waals surface area contributed by atoms with Gasteiger partial charge in [0.05, 0.1) is 21.1 Å². The van der Waals surface area contributed by atoms with Crippen molar-refractivity contribution in [2.75, 3.05) is 5.73 Å². The first kappa shape index (κ1) is 11.3. The van der Waals surface area contributed by atoms with Gasteiger partial charge in [0.1, 0.15) is 11.6 Å². The molecule has 3 rings (SSSR count). The van der Waals surface area contributed by atoms with Crippen LogP contribution in [-0.2, 0) is 0 Å². The molecule has 0 aliphatic heterocycles. The average Bonchev–Trinajstić information content (AvgIpc) is 2.73. The van der Waals surface area contributed by atoms with Gasteiger partial charge in [-0.2, -0.15) is 0 Å². The Morgan fingerprint density at radius 1 is 1.11 bits per heavy atom. The first-order chi connectivity index (χ1) is 8.63. The molecule has 0 radical (unpaired) electrons. The fraction of sp³-hybridized carbons (Fsp3) is 0. The normalized spacial score (nSPS) is 11.0. The van der Waals surface area contributed by atoms with Crippen LogP contribution in [0.1, 0.15) is 0 Å². The summed E-state index contributed by atoms with van der Waals surface area (Å²) in [4.78, 5) is 11.6. The average molecular weight is 279 g/mol. The molecular weight excluding hydrogens is 271 g/mol. The SMILES string of the molecule is Nc1ccc(-c2nc3cc(Cl)c(Cl)cc3[nH]2)cn1. The van der Waals surface area contributed by atoms with Crippen molar-refractivity contribution >= 4 is 40.1 Å². The van der Waals surface area contributed by atoms with Gasteiger partial charge in [-0.25, -0.2) is 9.97 Å². The molecule has 1 aromatic carbocycles. The van der Waals surface area contributed by atoms with E-state index < -0.39 is 0 Å². The van der Waals surface area contributed by atoms with Crippen molar-refractivity contribution in [1.29, 1.82) is 0 Å². The molecule has 3 aromatic rings. The number of imidazole rings is 1. The summed E-state index contributed by atoms with van der Waals surface area (Å²) in [5.74, 6) is 1.18. The molecular formula is C12H8Cl2N4. The van der Waals surface area contributed by atoms with E-state index in [9.17, 15) is 0 Å². The van der Waals surface area contributed by atoms with Gasteiger partial charge in [-0.15, -0.1) is 0 Å². The maximum atomic E-state index is 5.96. The molecule has 18 heavy (non-hydrogen) atoms. The van der Waals surface area contributed by atoms with E-state index in [0.29, 0.717) is 21.7 Å². The predicted molar refractivity (Wildman–Crippen MR) is 73.8 cm³/mol. The van der Waals surface area contributed by atoms with Crippen LogP contribution in [-0.4, -0.2) is 15.0 Å². The molecule has 0 amide bonds. The number of aromatic nitrogens is 3. The van der Waals surface area contributed by atoms with E-state index in [1.807, 2.05) is 6.07 Å². The molecule has 6 heteroatoms. The molecule has 4 nitrogen and oxygen atoms in total. The highest BCUT2D eigenvalue weighted by molar-refractivity contribution is 6.42. The number of rotatable bonds is 1. The first-order valence-corrected chi connectivity index (χ1v) is 5.96. The molecule has 0 spiro atoms. The number of nitrogens with zero attached hydrogens (tertiary/aromatic N) is 2. The lowest BCUT2D eigenvalue weighted by molar-refractivity contribution is 1.28. The van der Waals surface area contributed by atoms with Crippen molar-refractivity contribution < 1.29 is 0 Å². The quantitative estimate of drug-likeness (QED) is 0.716. The van der Waals surface area contributed by atoms with Crippen LogP contribution in [0.2, 0.25) is 10.0 Å². The molecule has 3 N–H and O–H groups in total. The number of fused-ring (bicyclic) bond motifs is 1. The Balaban J connectivity index is 2.16. The molecule has 2 heterocycles. The third kappa shape index (κ3) is 1.89. The molecule has 0 unspecified atom stereocenters. The molecule has 0 fully saturated rings. The fourth-order valence-electron chi connectivity index (χ4n) is 1.69. The van der Waals surface area contributed by atoms with Gasteiger partial charge in [0.2, 0.25) is 0 Å². The van der Waals surface area contributed by atoms with Crippen molar-refractivity contribution in [1.82, 2.24) is 15.0 Å². The second-order valence-electron chi connectivity index (χ2n) is 3.84. The van der Waals surface area contributed by atoms with Crippen LogP contribution in [0.4, 0.5) is 5.82 Å². The number of benzene rings is 1. The topological polar surface area (TPSA) is 67.6 Å². The van der Waals surface area contributed by atoms with Crippen LogP contribution in [0.5, 0.6) is 0 Å². The number of hydrogen-bond donors (Lipinski definition) is 2. The molecule has 0 aliphatic carbocycles. The lowest BCUT2D eigenvalue weighted by Gasteiger charge is -1.95. The summed E-state index contributed by atoms with van der Waals surface area (Å²) in [5.41, 5.74) is 7.99. The summed E-state index contributed by atoms with van der Waals surface area (Å²) in [7, 11) is 0. The monoisotopic (exact) mass is 278 g/mol. The number of nitrogens with one attached hydrogen (secondary N) is 1. The zero-order valence-electron chi connectivity index (χ0n) is 9.11. The smallest absolute Gasteiger partial charge is 0.140 e. The Kier molecular flexibility index (Phi) is 2.61. The van der Waals surface area contributed by atoms with Crippen LogP contribution in [0.25, 0.3) is 22.4 Å². The summed E-state index contributed by atoms with van der Waals surface area (Å²) >= 11 is 11.9. The third-order valence-corrected chi connectivity index (χ3v) is 3.31. The molecule has 0 bridgehead atoms. The molecule has 0 aliphatic rings. The van der Waals surface area contributed by atoms with Crippen molar-refractivity contribution in [3.63, 3.8) is 0 Å². The Bertz CT molecular complexity index is 680. The second kappa shape index (κ2) is 4.15. The van der Waals surface area contributed by atoms with Crippen LogP contribution in [0, 0.1) is 0 Å². The van der Waals surface area contributed by atoms with Gasteiger partial charge >= 0.3 is 0 Å². The maximum Gasteiger partial charge on any atom is 0.140 e. The minimum Gasteiger partial charge on any atom is -0.384 e. The van der Waals surface area contributed by atoms with E-state index in [4.69, 9.17) is 28.9 Å². The zero-order chi connectivity index (χ0) is 12.7. The molecule has 90 valence electrons. The Hall–Kier alpha value is -1.78. The van der Waals surface area contributed by atoms with E-state index in [2.05, 4.69) is 15.0 Å². The highest BCUT2D eigenvalue weighted by Gasteiger charge is 2.08. The van der Waals surface area contributed by atoms with Gasteiger partial charge in [0, 0.05) is 11.8 Å². The maximum absolute atomic E-state index is 5.96. The van der Waals surface area contributed by atoms with Crippen molar-refractivity contribution in [2.45, 2.75) is 0 Å². The fourth-order valence-corrected chi connectivity index (χ4v) is 2.01. The molecule has 2 aromatic heterocycles. The molecule has 0 saturated carbocycles. The number of anilines is 1. The summed E-state index contributed by atoms with van der Waals surface area (Å²) in [6.45, 7) is 0. The van der Waals surface area contributed by atoms with Gasteiger partial charge in [0.25, 0.3) is 0 Å². The number of pyridine rings is 1. The Morgan fingerprint density at radius 3 is 2.61 bits per heavy atom. The van der Waals surface area contributed by atoms with E-state index in [1.165, 1.54) is 0 Å². The number of aromatic amines is 1. The lowest BCUT2D eigenvalue weighted by atomic mass is 10.3. The number of nitrogens with two attached hydrogens (primary N) is 1. The van der Waals surface area contributed by atoms with Crippen LogP contribution < -0.4 is 5.73 Å². The number of hydrogen-bond acceptors (Lipinski definition) is 3. The van der Waals surface area contributed by atoms with E-state index >= 15 is 0 Å². The zero-order valence-corrected chi connectivity index (χ0v) is 10.6. The van der Waals surface area contributed by atoms with Gasteiger partial charge in [-0.3, -0.25) is 0 Å². The highest BCUT2D eigenvalue weighted by Crippen LogP contribution is 2.28. The van der Waals surface area contributed by atoms with Crippen molar-refractivity contribution in [2.24, 2.45) is 0 Å². The standard InChI is InChI=1S/C12H8Cl2N4/c13-7-3-9-10(4-8(7)14)18-12(17-9)6-1-2-11(15)16-5-6/h1-5H,(H2,15,16)(H,17,18). The number of nitrogen functional groups attached to an aromatic ring is 1. The number of H-pyrrole nitrogens is 1.